The van der Waals surface area contributed by atoms with Gasteiger partial charge in [0.1, 0.15) is 17.4 Å². The molecule has 0 unspecified atom stereocenters. The van der Waals surface area contributed by atoms with Gasteiger partial charge in [0.15, 0.2) is 5.78 Å². The van der Waals surface area contributed by atoms with E-state index >= 15 is 0 Å². The maximum atomic E-state index is 13.4. The van der Waals surface area contributed by atoms with Gasteiger partial charge >= 0.3 is 0 Å². The largest absolute Gasteiger partial charge is 0.493 e. The molecule has 3 rings (SSSR count). The quantitative estimate of drug-likeness (QED) is 0.668. The first-order valence-corrected chi connectivity index (χ1v) is 7.79. The van der Waals surface area contributed by atoms with Gasteiger partial charge in [0, 0.05) is 40.7 Å². The lowest BCUT2D eigenvalue weighted by Crippen LogP contribution is -2.06. The second-order valence-electron chi connectivity index (χ2n) is 5.59. The third kappa shape index (κ3) is 3.30. The maximum absolute atomic E-state index is 13.4. The van der Waals surface area contributed by atoms with E-state index in [0.717, 1.165) is 6.42 Å². The molecule has 0 bridgehead atoms. The molecule has 0 aliphatic heterocycles. The SMILES string of the molecule is CCCOc1cc(F)ccc1CC(=O)c1c[nH]c2cc(F)ccc12. The van der Waals surface area contributed by atoms with Crippen molar-refractivity contribution in [3.05, 3.63) is 65.4 Å². The minimum atomic E-state index is -0.403. The molecule has 5 heteroatoms. The molecule has 24 heavy (non-hydrogen) atoms. The fourth-order valence-electron chi connectivity index (χ4n) is 2.62. The summed E-state index contributed by atoms with van der Waals surface area (Å²) < 4.78 is 32.2. The highest BCUT2D eigenvalue weighted by Crippen LogP contribution is 2.25. The Morgan fingerprint density at radius 3 is 2.67 bits per heavy atom. The third-order valence-electron chi connectivity index (χ3n) is 3.79. The van der Waals surface area contributed by atoms with E-state index in [2.05, 4.69) is 4.98 Å². The fourth-order valence-corrected chi connectivity index (χ4v) is 2.62. The van der Waals surface area contributed by atoms with Crippen molar-refractivity contribution in [3.63, 3.8) is 0 Å². The molecule has 0 spiro atoms. The average Bonchev–Trinajstić information content (AvgIpc) is 2.98. The summed E-state index contributed by atoms with van der Waals surface area (Å²) in [6.07, 6.45) is 2.45. The van der Waals surface area contributed by atoms with Crippen LogP contribution in [0.15, 0.2) is 42.6 Å². The molecule has 3 aromatic rings. The van der Waals surface area contributed by atoms with Crippen LogP contribution < -0.4 is 4.74 Å². The van der Waals surface area contributed by atoms with Crippen molar-refractivity contribution in [1.29, 1.82) is 0 Å². The lowest BCUT2D eigenvalue weighted by atomic mass is 10.0. The van der Waals surface area contributed by atoms with Gasteiger partial charge in [-0.05, 0) is 30.7 Å². The second-order valence-corrected chi connectivity index (χ2v) is 5.59. The van der Waals surface area contributed by atoms with Crippen molar-refractivity contribution in [2.24, 2.45) is 0 Å². The maximum Gasteiger partial charge on any atom is 0.169 e. The highest BCUT2D eigenvalue weighted by atomic mass is 19.1. The molecule has 0 fully saturated rings. The second kappa shape index (κ2) is 6.83. The first-order valence-electron chi connectivity index (χ1n) is 7.79. The molecule has 0 aliphatic carbocycles. The number of aromatic amines is 1. The van der Waals surface area contributed by atoms with E-state index in [1.807, 2.05) is 6.92 Å². The smallest absolute Gasteiger partial charge is 0.169 e. The molecule has 1 aromatic heterocycles. The number of halogens is 2. The predicted molar refractivity (Wildman–Crippen MR) is 88.5 cm³/mol. The molecule has 0 atom stereocenters. The zero-order valence-corrected chi connectivity index (χ0v) is 13.2. The highest BCUT2D eigenvalue weighted by Gasteiger charge is 2.16. The van der Waals surface area contributed by atoms with Crippen LogP contribution in [0.5, 0.6) is 5.75 Å². The summed E-state index contributed by atoms with van der Waals surface area (Å²) in [6.45, 7) is 2.41. The van der Waals surface area contributed by atoms with E-state index in [-0.39, 0.29) is 18.0 Å². The Bertz CT molecular complexity index is 886. The summed E-state index contributed by atoms with van der Waals surface area (Å²) in [5.74, 6) is -0.520. The van der Waals surface area contributed by atoms with E-state index in [1.54, 1.807) is 18.3 Å². The Hall–Kier alpha value is -2.69. The number of hydrogen-bond donors (Lipinski definition) is 1. The van der Waals surface area contributed by atoms with Crippen LogP contribution in [0.25, 0.3) is 10.9 Å². The number of benzene rings is 2. The molecule has 0 aliphatic rings. The third-order valence-corrected chi connectivity index (χ3v) is 3.79. The molecule has 0 radical (unpaired) electrons. The minimum absolute atomic E-state index is 0.0870. The Morgan fingerprint density at radius 2 is 1.88 bits per heavy atom. The van der Waals surface area contributed by atoms with Crippen LogP contribution in [0.4, 0.5) is 8.78 Å². The van der Waals surface area contributed by atoms with Crippen molar-refractivity contribution < 1.29 is 18.3 Å². The number of carbonyl (C=O) groups excluding carboxylic acids is 1. The number of nitrogens with one attached hydrogen (secondary N) is 1. The van der Waals surface area contributed by atoms with Gasteiger partial charge in [-0.25, -0.2) is 8.78 Å². The Labute approximate surface area is 138 Å². The van der Waals surface area contributed by atoms with Crippen LogP contribution >= 0.6 is 0 Å². The van der Waals surface area contributed by atoms with Gasteiger partial charge < -0.3 is 9.72 Å². The van der Waals surface area contributed by atoms with Gasteiger partial charge in [-0.1, -0.05) is 13.0 Å². The first kappa shape index (κ1) is 16.2. The molecule has 0 saturated heterocycles. The Morgan fingerprint density at radius 1 is 1.12 bits per heavy atom. The summed E-state index contributed by atoms with van der Waals surface area (Å²) in [7, 11) is 0. The van der Waals surface area contributed by atoms with E-state index in [0.29, 0.717) is 34.4 Å². The highest BCUT2D eigenvalue weighted by molar-refractivity contribution is 6.08. The summed E-state index contributed by atoms with van der Waals surface area (Å²) in [5, 5.41) is 0.666. The number of ketones is 1. The van der Waals surface area contributed by atoms with E-state index in [9.17, 15) is 13.6 Å². The Kier molecular flexibility index (Phi) is 4.60. The van der Waals surface area contributed by atoms with Crippen LogP contribution in [-0.2, 0) is 6.42 Å². The number of aromatic nitrogens is 1. The van der Waals surface area contributed by atoms with Gasteiger partial charge in [-0.3, -0.25) is 4.79 Å². The average molecular weight is 329 g/mol. The van der Waals surface area contributed by atoms with Crippen molar-refractivity contribution >= 4 is 16.7 Å². The van der Waals surface area contributed by atoms with Crippen LogP contribution in [-0.4, -0.2) is 17.4 Å². The molecule has 1 N–H and O–H groups in total. The zero-order chi connectivity index (χ0) is 17.1. The van der Waals surface area contributed by atoms with E-state index < -0.39 is 5.82 Å². The molecule has 2 aromatic carbocycles. The number of ether oxygens (including phenoxy) is 1. The van der Waals surface area contributed by atoms with Gasteiger partial charge in [0.05, 0.1) is 6.61 Å². The van der Waals surface area contributed by atoms with Crippen molar-refractivity contribution in [2.45, 2.75) is 19.8 Å². The van der Waals surface area contributed by atoms with E-state index in [1.165, 1.54) is 24.3 Å². The summed E-state index contributed by atoms with van der Waals surface area (Å²) in [4.78, 5) is 15.5. The van der Waals surface area contributed by atoms with Gasteiger partial charge in [0.25, 0.3) is 0 Å². The summed E-state index contributed by atoms with van der Waals surface area (Å²) in [6, 6.07) is 8.41. The number of H-pyrrole nitrogens is 1. The molecular formula is C19H17F2NO2. The molecule has 0 amide bonds. The summed E-state index contributed by atoms with van der Waals surface area (Å²) in [5.41, 5.74) is 1.68. The molecular weight excluding hydrogens is 312 g/mol. The molecule has 124 valence electrons. The van der Waals surface area contributed by atoms with Crippen molar-refractivity contribution in [3.8, 4) is 5.75 Å². The van der Waals surface area contributed by atoms with Crippen molar-refractivity contribution in [2.75, 3.05) is 6.61 Å². The summed E-state index contributed by atoms with van der Waals surface area (Å²) >= 11 is 0. The van der Waals surface area contributed by atoms with Crippen molar-refractivity contribution in [1.82, 2.24) is 4.98 Å². The molecule has 0 saturated carbocycles. The van der Waals surface area contributed by atoms with Crippen LogP contribution in [0.1, 0.15) is 29.3 Å². The number of fused-ring (bicyclic) bond motifs is 1. The van der Waals surface area contributed by atoms with Gasteiger partial charge in [-0.15, -0.1) is 0 Å². The van der Waals surface area contributed by atoms with Crippen LogP contribution in [0.2, 0.25) is 0 Å². The topological polar surface area (TPSA) is 42.1 Å². The number of rotatable bonds is 6. The monoisotopic (exact) mass is 329 g/mol. The lowest BCUT2D eigenvalue weighted by Gasteiger charge is -2.10. The predicted octanol–water partition coefficient (Wildman–Crippen LogP) is 4.66. The minimum Gasteiger partial charge on any atom is -0.493 e. The lowest BCUT2D eigenvalue weighted by molar-refractivity contribution is 0.0993. The van der Waals surface area contributed by atoms with Gasteiger partial charge in [-0.2, -0.15) is 0 Å². The Balaban J connectivity index is 1.88. The standard InChI is InChI=1S/C19H17F2NO2/c1-2-7-24-19-10-14(21)4-3-12(19)8-18(23)16-11-22-17-9-13(20)5-6-15(16)17/h3-6,9-11,22H,2,7-8H2,1H3. The van der Waals surface area contributed by atoms with Gasteiger partial charge in [0.2, 0.25) is 0 Å². The van der Waals surface area contributed by atoms with Crippen LogP contribution in [0.3, 0.4) is 0 Å². The van der Waals surface area contributed by atoms with Crippen LogP contribution in [0, 0.1) is 11.6 Å². The number of hydrogen-bond acceptors (Lipinski definition) is 2. The van der Waals surface area contributed by atoms with E-state index in [4.69, 9.17) is 4.74 Å². The number of carbonyl (C=O) groups is 1. The normalized spacial score (nSPS) is 11.0. The zero-order valence-electron chi connectivity index (χ0n) is 13.2. The molecule has 1 heterocycles. The first-order chi connectivity index (χ1) is 11.6. The number of Topliss-reactive ketones (excluding diaryl/α,β-unsaturated/α-hetero) is 1. The fraction of sp³-hybridized carbons (Fsp3) is 0.211. The molecule has 3 nitrogen and oxygen atoms in total.